The monoisotopic (exact) mass is 439 g/mol. The van der Waals surface area contributed by atoms with E-state index in [0.717, 1.165) is 10.9 Å². The lowest BCUT2D eigenvalue weighted by atomic mass is 9.95. The molecule has 0 fully saturated rings. The highest BCUT2D eigenvalue weighted by Gasteiger charge is 2.16. The van der Waals surface area contributed by atoms with Gasteiger partial charge in [-0.15, -0.1) is 0 Å². The smallest absolute Gasteiger partial charge is 0.336 e. The Labute approximate surface area is 191 Å². The topological polar surface area (TPSA) is 79.9 Å². The summed E-state index contributed by atoms with van der Waals surface area (Å²) in [7, 11) is 0. The lowest BCUT2D eigenvalue weighted by Gasteiger charge is -2.14. The number of rotatable bonds is 4. The van der Waals surface area contributed by atoms with Crippen LogP contribution in [0, 0.1) is 6.92 Å². The fourth-order valence-corrected chi connectivity index (χ4v) is 3.69. The first-order chi connectivity index (χ1) is 15.6. The van der Waals surface area contributed by atoms with Crippen molar-refractivity contribution >= 4 is 39.8 Å². The predicted molar refractivity (Wildman–Crippen MR) is 134 cm³/mol. The molecule has 4 aromatic rings. The molecule has 0 aliphatic carbocycles. The molecule has 0 saturated heterocycles. The van der Waals surface area contributed by atoms with Crippen molar-refractivity contribution in [2.24, 2.45) is 4.99 Å². The molecule has 0 bridgehead atoms. The normalized spacial score (nSPS) is 12.4. The van der Waals surface area contributed by atoms with Crippen LogP contribution in [0.25, 0.3) is 27.8 Å². The molecule has 33 heavy (non-hydrogen) atoms. The third-order valence-corrected chi connectivity index (χ3v) is 5.31. The van der Waals surface area contributed by atoms with Gasteiger partial charge < -0.3 is 9.52 Å². The van der Waals surface area contributed by atoms with E-state index in [2.05, 4.69) is 4.99 Å². The molecular formula is C28H25NO4. The second-order valence-corrected chi connectivity index (χ2v) is 9.01. The molecule has 0 radical (unpaired) electrons. The van der Waals surface area contributed by atoms with E-state index in [-0.39, 0.29) is 17.1 Å². The van der Waals surface area contributed by atoms with E-state index in [1.165, 1.54) is 12.1 Å². The number of hydrogen-bond acceptors (Lipinski definition) is 5. The Morgan fingerprint density at radius 1 is 1.00 bits per heavy atom. The lowest BCUT2D eigenvalue weighted by molar-refractivity contribution is 0.104. The standard InChI is InChI=1S/C28H25NO4/c1-17-14-24(31)33-27-21(17)11-12-22-25(27)19(10-13-23(30)18-8-6-5-7-9-18)15-20(26(22)32)16-29-28(2,3)4/h5-16,32H,1-4H3/b13-10+,29-16?. The first kappa shape index (κ1) is 22.2. The summed E-state index contributed by atoms with van der Waals surface area (Å²) in [6.07, 6.45) is 4.80. The fourth-order valence-electron chi connectivity index (χ4n) is 3.69. The van der Waals surface area contributed by atoms with Gasteiger partial charge in [-0.2, -0.15) is 0 Å². The summed E-state index contributed by atoms with van der Waals surface area (Å²) in [6.45, 7) is 7.73. The van der Waals surface area contributed by atoms with Crippen molar-refractivity contribution in [3.8, 4) is 5.75 Å². The summed E-state index contributed by atoms with van der Waals surface area (Å²) in [6, 6.07) is 15.8. The summed E-state index contributed by atoms with van der Waals surface area (Å²) in [5.74, 6) is -0.116. The number of aromatic hydroxyl groups is 1. The lowest BCUT2D eigenvalue weighted by Crippen LogP contribution is -2.09. The van der Waals surface area contributed by atoms with Crippen LogP contribution in [0.4, 0.5) is 0 Å². The number of aryl methyl sites for hydroxylation is 1. The highest BCUT2D eigenvalue weighted by Crippen LogP contribution is 2.37. The minimum atomic E-state index is -0.472. The minimum absolute atomic E-state index is 0.0376. The van der Waals surface area contributed by atoms with Gasteiger partial charge in [-0.25, -0.2) is 4.79 Å². The van der Waals surface area contributed by atoms with Crippen molar-refractivity contribution in [2.75, 3.05) is 0 Å². The highest BCUT2D eigenvalue weighted by atomic mass is 16.4. The number of carbonyl (C=O) groups excluding carboxylic acids is 1. The van der Waals surface area contributed by atoms with Gasteiger partial charge in [-0.1, -0.05) is 42.5 Å². The summed E-state index contributed by atoms with van der Waals surface area (Å²) in [4.78, 5) is 29.4. The van der Waals surface area contributed by atoms with Crippen molar-refractivity contribution < 1.29 is 14.3 Å². The maximum atomic E-state index is 12.7. The summed E-state index contributed by atoms with van der Waals surface area (Å²) in [5, 5.41) is 12.9. The molecule has 0 amide bonds. The van der Waals surface area contributed by atoms with Crippen molar-refractivity contribution in [3.63, 3.8) is 0 Å². The number of allylic oxidation sites excluding steroid dienone is 1. The van der Waals surface area contributed by atoms with Gasteiger partial charge in [-0.05, 0) is 57.0 Å². The van der Waals surface area contributed by atoms with Gasteiger partial charge in [-0.3, -0.25) is 9.79 Å². The number of phenolic OH excluding ortho intramolecular Hbond substituents is 1. The van der Waals surface area contributed by atoms with E-state index in [4.69, 9.17) is 4.42 Å². The van der Waals surface area contributed by atoms with E-state index in [0.29, 0.717) is 33.0 Å². The van der Waals surface area contributed by atoms with Crippen molar-refractivity contribution in [2.45, 2.75) is 33.2 Å². The second kappa shape index (κ2) is 8.51. The predicted octanol–water partition coefficient (Wildman–Crippen LogP) is 6.07. The Morgan fingerprint density at radius 3 is 2.39 bits per heavy atom. The molecule has 0 aliphatic rings. The molecule has 166 valence electrons. The summed E-state index contributed by atoms with van der Waals surface area (Å²) < 4.78 is 5.58. The van der Waals surface area contributed by atoms with Crippen LogP contribution >= 0.6 is 0 Å². The third-order valence-electron chi connectivity index (χ3n) is 5.31. The van der Waals surface area contributed by atoms with Crippen LogP contribution in [0.2, 0.25) is 0 Å². The second-order valence-electron chi connectivity index (χ2n) is 9.01. The molecule has 0 unspecified atom stereocenters. The Kier molecular flexibility index (Phi) is 5.73. The van der Waals surface area contributed by atoms with Crippen LogP contribution in [0.5, 0.6) is 5.75 Å². The highest BCUT2D eigenvalue weighted by molar-refractivity contribution is 6.15. The Hall–Kier alpha value is -3.99. The zero-order chi connectivity index (χ0) is 23.8. The number of fused-ring (bicyclic) bond motifs is 3. The van der Waals surface area contributed by atoms with E-state index in [1.807, 2.05) is 52.0 Å². The molecule has 0 atom stereocenters. The van der Waals surface area contributed by atoms with Gasteiger partial charge in [0.1, 0.15) is 11.3 Å². The number of phenols is 1. The van der Waals surface area contributed by atoms with Crippen LogP contribution in [0.3, 0.4) is 0 Å². The number of benzene rings is 3. The van der Waals surface area contributed by atoms with Gasteiger partial charge in [0, 0.05) is 39.6 Å². The van der Waals surface area contributed by atoms with E-state index >= 15 is 0 Å². The average Bonchev–Trinajstić information content (AvgIpc) is 2.77. The van der Waals surface area contributed by atoms with Crippen molar-refractivity contribution in [1.29, 1.82) is 0 Å². The molecule has 1 heterocycles. The number of ketones is 1. The van der Waals surface area contributed by atoms with Gasteiger partial charge >= 0.3 is 5.63 Å². The largest absolute Gasteiger partial charge is 0.507 e. The Morgan fingerprint density at radius 2 is 1.70 bits per heavy atom. The number of nitrogens with zero attached hydrogens (tertiary/aromatic N) is 1. The van der Waals surface area contributed by atoms with Crippen LogP contribution in [-0.2, 0) is 0 Å². The zero-order valence-electron chi connectivity index (χ0n) is 19.0. The summed E-state index contributed by atoms with van der Waals surface area (Å²) >= 11 is 0. The maximum absolute atomic E-state index is 12.7. The molecule has 3 aromatic carbocycles. The molecule has 0 aliphatic heterocycles. The molecule has 1 aromatic heterocycles. The van der Waals surface area contributed by atoms with Crippen LogP contribution in [-0.4, -0.2) is 22.6 Å². The number of aliphatic imine (C=N–C) groups is 1. The van der Waals surface area contributed by atoms with Crippen LogP contribution in [0.15, 0.2) is 74.9 Å². The molecule has 0 spiro atoms. The number of carbonyl (C=O) groups is 1. The van der Waals surface area contributed by atoms with Crippen LogP contribution in [0.1, 0.15) is 47.8 Å². The maximum Gasteiger partial charge on any atom is 0.336 e. The first-order valence-corrected chi connectivity index (χ1v) is 10.7. The molecule has 5 nitrogen and oxygen atoms in total. The quantitative estimate of drug-likeness (QED) is 0.138. The SMILES string of the molecule is Cc1cc(=O)oc2c1ccc1c(O)c(C=NC(C)(C)C)cc(/C=C/C(=O)c3ccccc3)c12. The zero-order valence-corrected chi connectivity index (χ0v) is 19.0. The van der Waals surface area contributed by atoms with Crippen LogP contribution < -0.4 is 5.63 Å². The third kappa shape index (κ3) is 4.62. The fraction of sp³-hybridized carbons (Fsp3) is 0.179. The van der Waals surface area contributed by atoms with E-state index in [1.54, 1.807) is 36.6 Å². The molecule has 0 saturated carbocycles. The Bertz CT molecular complexity index is 1490. The molecule has 1 N–H and O–H groups in total. The molecule has 5 heteroatoms. The van der Waals surface area contributed by atoms with Crippen molar-refractivity contribution in [1.82, 2.24) is 0 Å². The van der Waals surface area contributed by atoms with Gasteiger partial charge in [0.25, 0.3) is 0 Å². The summed E-state index contributed by atoms with van der Waals surface area (Å²) in [5.41, 5.74) is 2.07. The average molecular weight is 440 g/mol. The van der Waals surface area contributed by atoms with E-state index < -0.39 is 5.63 Å². The number of hydrogen-bond donors (Lipinski definition) is 1. The first-order valence-electron chi connectivity index (χ1n) is 10.7. The molecule has 4 rings (SSSR count). The van der Waals surface area contributed by atoms with Gasteiger partial charge in [0.05, 0.1) is 5.54 Å². The van der Waals surface area contributed by atoms with E-state index in [9.17, 15) is 14.7 Å². The molecular weight excluding hydrogens is 414 g/mol. The van der Waals surface area contributed by atoms with Gasteiger partial charge in [0.2, 0.25) is 0 Å². The Balaban J connectivity index is 2.00. The minimum Gasteiger partial charge on any atom is -0.507 e. The van der Waals surface area contributed by atoms with Crippen molar-refractivity contribution in [3.05, 3.63) is 93.3 Å². The van der Waals surface area contributed by atoms with Gasteiger partial charge in [0.15, 0.2) is 5.78 Å².